The zero-order chi connectivity index (χ0) is 13.1. The summed E-state index contributed by atoms with van der Waals surface area (Å²) in [4.78, 5) is 4.26. The third-order valence-electron chi connectivity index (χ3n) is 2.24. The molecule has 0 saturated heterocycles. The van der Waals surface area contributed by atoms with Crippen molar-refractivity contribution in [3.05, 3.63) is 31.0 Å². The SMILES string of the molecule is C=CCCOCCNc1ncccc1OCCC. The zero-order valence-corrected chi connectivity index (χ0v) is 11.0. The lowest BCUT2D eigenvalue weighted by atomic mass is 10.4. The highest BCUT2D eigenvalue weighted by Gasteiger charge is 2.02. The molecule has 1 aromatic rings. The van der Waals surface area contributed by atoms with E-state index < -0.39 is 0 Å². The molecule has 0 spiro atoms. The molecule has 0 bridgehead atoms. The van der Waals surface area contributed by atoms with Crippen molar-refractivity contribution in [2.75, 3.05) is 31.7 Å². The molecule has 4 nitrogen and oxygen atoms in total. The maximum absolute atomic E-state index is 5.60. The van der Waals surface area contributed by atoms with Crippen LogP contribution in [0.1, 0.15) is 19.8 Å². The largest absolute Gasteiger partial charge is 0.490 e. The second kappa shape index (κ2) is 9.48. The zero-order valence-electron chi connectivity index (χ0n) is 11.0. The third kappa shape index (κ3) is 5.68. The van der Waals surface area contributed by atoms with Crippen LogP contribution >= 0.6 is 0 Å². The van der Waals surface area contributed by atoms with Gasteiger partial charge in [-0.2, -0.15) is 0 Å². The molecule has 1 N–H and O–H groups in total. The Hall–Kier alpha value is -1.55. The van der Waals surface area contributed by atoms with Gasteiger partial charge in [0.1, 0.15) is 0 Å². The quantitative estimate of drug-likeness (QED) is 0.512. The molecule has 1 rings (SSSR count). The van der Waals surface area contributed by atoms with Crippen molar-refractivity contribution >= 4 is 5.82 Å². The summed E-state index contributed by atoms with van der Waals surface area (Å²) in [5.41, 5.74) is 0. The molecule has 100 valence electrons. The standard InChI is InChI=1S/C14H22N2O2/c1-3-5-11-17-12-9-16-14-13(18-10-4-2)7-6-8-15-14/h3,6-8H,1,4-5,9-12H2,2H3,(H,15,16). The summed E-state index contributed by atoms with van der Waals surface area (Å²) in [6.07, 6.45) is 5.47. The van der Waals surface area contributed by atoms with Gasteiger partial charge >= 0.3 is 0 Å². The Morgan fingerprint density at radius 2 is 2.28 bits per heavy atom. The highest BCUT2D eigenvalue weighted by atomic mass is 16.5. The highest BCUT2D eigenvalue weighted by Crippen LogP contribution is 2.20. The van der Waals surface area contributed by atoms with E-state index in [2.05, 4.69) is 23.8 Å². The van der Waals surface area contributed by atoms with E-state index in [1.54, 1.807) is 6.20 Å². The van der Waals surface area contributed by atoms with E-state index in [4.69, 9.17) is 9.47 Å². The number of nitrogens with one attached hydrogen (secondary N) is 1. The molecule has 18 heavy (non-hydrogen) atoms. The van der Waals surface area contributed by atoms with E-state index >= 15 is 0 Å². The van der Waals surface area contributed by atoms with Gasteiger partial charge in [0.2, 0.25) is 0 Å². The second-order valence-corrected chi connectivity index (χ2v) is 3.82. The van der Waals surface area contributed by atoms with Gasteiger partial charge in [-0.05, 0) is 25.0 Å². The molecule has 0 radical (unpaired) electrons. The third-order valence-corrected chi connectivity index (χ3v) is 2.24. The number of nitrogens with zero attached hydrogens (tertiary/aromatic N) is 1. The van der Waals surface area contributed by atoms with Crippen molar-refractivity contribution in [2.24, 2.45) is 0 Å². The maximum atomic E-state index is 5.60. The smallest absolute Gasteiger partial charge is 0.168 e. The molecule has 4 heteroatoms. The molecular weight excluding hydrogens is 228 g/mol. The molecular formula is C14H22N2O2. The number of aromatic nitrogens is 1. The van der Waals surface area contributed by atoms with Gasteiger partial charge in [0, 0.05) is 12.7 Å². The van der Waals surface area contributed by atoms with Gasteiger partial charge in [0.25, 0.3) is 0 Å². The summed E-state index contributed by atoms with van der Waals surface area (Å²) in [6.45, 7) is 8.51. The fraction of sp³-hybridized carbons (Fsp3) is 0.500. The summed E-state index contributed by atoms with van der Waals surface area (Å²) in [6, 6.07) is 3.79. The molecule has 0 fully saturated rings. The predicted octanol–water partition coefficient (Wildman–Crippen LogP) is 2.88. The van der Waals surface area contributed by atoms with E-state index in [1.807, 2.05) is 18.2 Å². The predicted molar refractivity (Wildman–Crippen MR) is 74.1 cm³/mol. The Morgan fingerprint density at radius 3 is 3.06 bits per heavy atom. The first-order valence-electron chi connectivity index (χ1n) is 6.38. The second-order valence-electron chi connectivity index (χ2n) is 3.82. The number of hydrogen-bond donors (Lipinski definition) is 1. The topological polar surface area (TPSA) is 43.4 Å². The van der Waals surface area contributed by atoms with Gasteiger partial charge in [0.05, 0.1) is 19.8 Å². The van der Waals surface area contributed by atoms with Gasteiger partial charge in [-0.15, -0.1) is 6.58 Å². The summed E-state index contributed by atoms with van der Waals surface area (Å²) in [5, 5.41) is 3.21. The average Bonchev–Trinajstić information content (AvgIpc) is 2.41. The van der Waals surface area contributed by atoms with Crippen LogP contribution in [0.4, 0.5) is 5.82 Å². The Balaban J connectivity index is 2.29. The van der Waals surface area contributed by atoms with Crippen LogP contribution < -0.4 is 10.1 Å². The van der Waals surface area contributed by atoms with E-state index in [-0.39, 0.29) is 0 Å². The van der Waals surface area contributed by atoms with Crippen LogP contribution in [-0.2, 0) is 4.74 Å². The monoisotopic (exact) mass is 250 g/mol. The number of ether oxygens (including phenoxy) is 2. The lowest BCUT2D eigenvalue weighted by molar-refractivity contribution is 0.148. The lowest BCUT2D eigenvalue weighted by Crippen LogP contribution is -2.12. The van der Waals surface area contributed by atoms with Gasteiger partial charge in [-0.25, -0.2) is 4.98 Å². The van der Waals surface area contributed by atoms with Gasteiger partial charge in [-0.3, -0.25) is 0 Å². The van der Waals surface area contributed by atoms with Crippen molar-refractivity contribution in [3.63, 3.8) is 0 Å². The van der Waals surface area contributed by atoms with Crippen LogP contribution in [0.15, 0.2) is 31.0 Å². The summed E-state index contributed by atoms with van der Waals surface area (Å²) >= 11 is 0. The normalized spacial score (nSPS) is 10.1. The number of hydrogen-bond acceptors (Lipinski definition) is 4. The van der Waals surface area contributed by atoms with Gasteiger partial charge in [-0.1, -0.05) is 13.0 Å². The van der Waals surface area contributed by atoms with Crippen molar-refractivity contribution in [2.45, 2.75) is 19.8 Å². The van der Waals surface area contributed by atoms with E-state index in [1.165, 1.54) is 0 Å². The first-order valence-corrected chi connectivity index (χ1v) is 6.38. The summed E-state index contributed by atoms with van der Waals surface area (Å²) in [7, 11) is 0. The summed E-state index contributed by atoms with van der Waals surface area (Å²) < 4.78 is 11.0. The first kappa shape index (κ1) is 14.5. The van der Waals surface area contributed by atoms with Crippen LogP contribution in [0.3, 0.4) is 0 Å². The van der Waals surface area contributed by atoms with E-state index in [9.17, 15) is 0 Å². The molecule has 0 aliphatic carbocycles. The van der Waals surface area contributed by atoms with Crippen molar-refractivity contribution < 1.29 is 9.47 Å². The molecule has 1 heterocycles. The molecule has 0 atom stereocenters. The Bertz CT molecular complexity index is 342. The highest BCUT2D eigenvalue weighted by molar-refractivity contribution is 5.49. The number of rotatable bonds is 10. The lowest BCUT2D eigenvalue weighted by Gasteiger charge is -2.11. The molecule has 0 unspecified atom stereocenters. The molecule has 0 aliphatic rings. The molecule has 1 aromatic heterocycles. The van der Waals surface area contributed by atoms with Gasteiger partial charge < -0.3 is 14.8 Å². The van der Waals surface area contributed by atoms with E-state index in [0.717, 1.165) is 31.0 Å². The fourth-order valence-electron chi connectivity index (χ4n) is 1.36. The summed E-state index contributed by atoms with van der Waals surface area (Å²) in [5.74, 6) is 1.57. The number of pyridine rings is 1. The van der Waals surface area contributed by atoms with E-state index in [0.29, 0.717) is 19.8 Å². The van der Waals surface area contributed by atoms with Crippen LogP contribution in [0.2, 0.25) is 0 Å². The van der Waals surface area contributed by atoms with Crippen LogP contribution in [0, 0.1) is 0 Å². The fourth-order valence-corrected chi connectivity index (χ4v) is 1.36. The molecule has 0 aliphatic heterocycles. The maximum Gasteiger partial charge on any atom is 0.168 e. The Morgan fingerprint density at radius 1 is 1.39 bits per heavy atom. The van der Waals surface area contributed by atoms with Crippen molar-refractivity contribution in [1.82, 2.24) is 4.98 Å². The van der Waals surface area contributed by atoms with Crippen molar-refractivity contribution in [1.29, 1.82) is 0 Å². The van der Waals surface area contributed by atoms with Crippen molar-refractivity contribution in [3.8, 4) is 5.75 Å². The Labute approximate surface area is 109 Å². The molecule has 0 amide bonds. The van der Waals surface area contributed by atoms with Gasteiger partial charge in [0.15, 0.2) is 11.6 Å². The molecule has 0 saturated carbocycles. The molecule has 0 aromatic carbocycles. The average molecular weight is 250 g/mol. The van der Waals surface area contributed by atoms with Crippen LogP contribution in [-0.4, -0.2) is 31.3 Å². The number of anilines is 1. The van der Waals surface area contributed by atoms with Crippen LogP contribution in [0.5, 0.6) is 5.75 Å². The first-order chi connectivity index (χ1) is 8.88. The Kier molecular flexibility index (Phi) is 7.64. The van der Waals surface area contributed by atoms with Crippen LogP contribution in [0.25, 0.3) is 0 Å². The minimum Gasteiger partial charge on any atom is -0.490 e. The minimum atomic E-state index is 0.650. The minimum absolute atomic E-state index is 0.650.